The molecule has 43 heavy (non-hydrogen) atoms. The zero-order valence-corrected chi connectivity index (χ0v) is 24.4. The van der Waals surface area contributed by atoms with E-state index in [1.165, 1.54) is 40.9 Å². The van der Waals surface area contributed by atoms with E-state index in [2.05, 4.69) is 37.7 Å². The Hall–Kier alpha value is -4.45. The van der Waals surface area contributed by atoms with Crippen LogP contribution in [-0.4, -0.2) is 76.2 Å². The number of hydrazone groups is 1. The van der Waals surface area contributed by atoms with Crippen molar-refractivity contribution in [3.63, 3.8) is 0 Å². The average Bonchev–Trinajstić information content (AvgIpc) is 3.72. The molecule has 0 radical (unpaired) electrons. The van der Waals surface area contributed by atoms with Gasteiger partial charge in [-0.3, -0.25) is 35.1 Å². The van der Waals surface area contributed by atoms with Gasteiger partial charge in [0.25, 0.3) is 12.3 Å². The van der Waals surface area contributed by atoms with Crippen LogP contribution in [0.15, 0.2) is 29.6 Å². The number of piperazine rings is 1. The van der Waals surface area contributed by atoms with Crippen molar-refractivity contribution in [2.45, 2.75) is 44.6 Å². The molecule has 0 aromatic carbocycles. The summed E-state index contributed by atoms with van der Waals surface area (Å²) in [5.74, 6) is 5.89. The van der Waals surface area contributed by atoms with Crippen molar-refractivity contribution in [1.29, 1.82) is 0 Å². The van der Waals surface area contributed by atoms with Crippen LogP contribution in [0.25, 0.3) is 11.1 Å². The highest BCUT2D eigenvalue weighted by Crippen LogP contribution is 2.36. The second-order valence-electron chi connectivity index (χ2n) is 10.2. The second kappa shape index (κ2) is 12.8. The number of rotatable bonds is 6. The van der Waals surface area contributed by atoms with Crippen molar-refractivity contribution in [2.75, 3.05) is 31.6 Å². The molecule has 0 bridgehead atoms. The zero-order chi connectivity index (χ0) is 30.7. The molecule has 2 fully saturated rings. The number of alkyl halides is 2. The van der Waals surface area contributed by atoms with Crippen molar-refractivity contribution in [3.8, 4) is 28.7 Å². The van der Waals surface area contributed by atoms with Gasteiger partial charge >= 0.3 is 6.09 Å². The van der Waals surface area contributed by atoms with E-state index in [1.54, 1.807) is 13.8 Å². The molecular formula is C28H29F2N7O5S. The molecule has 5 rings (SSSR count). The van der Waals surface area contributed by atoms with Crippen molar-refractivity contribution in [3.05, 3.63) is 35.8 Å². The number of pyridine rings is 2. The van der Waals surface area contributed by atoms with E-state index >= 15 is 0 Å². The van der Waals surface area contributed by atoms with Crippen LogP contribution in [-0.2, 0) is 9.53 Å². The number of carbonyl (C=O) groups is 3. The number of anilines is 1. The van der Waals surface area contributed by atoms with E-state index in [-0.39, 0.29) is 64.5 Å². The molecule has 1 saturated carbocycles. The number of amidine groups is 1. The van der Waals surface area contributed by atoms with Gasteiger partial charge in [-0.1, -0.05) is 11.8 Å². The Morgan fingerprint density at radius 2 is 1.93 bits per heavy atom. The molecule has 12 nitrogen and oxygen atoms in total. The SMILES string of the molecule is COc1cnc(C(F)F)cc1-c1cc(N2CCN(C(=O)OC(C)C)CC2=O)ncc1C(=O)NC1=NNC(C#CC2CC2)S1. The molecule has 3 aliphatic rings. The Labute approximate surface area is 250 Å². The quantitative estimate of drug-likeness (QED) is 0.470. The first-order chi connectivity index (χ1) is 20.6. The number of amides is 3. The summed E-state index contributed by atoms with van der Waals surface area (Å²) >= 11 is 1.24. The fraction of sp³-hybridized carbons (Fsp3) is 0.429. The molecule has 2 aromatic heterocycles. The highest BCUT2D eigenvalue weighted by atomic mass is 32.2. The number of hydrogen-bond acceptors (Lipinski definition) is 10. The minimum Gasteiger partial charge on any atom is -0.494 e. The number of nitrogens with one attached hydrogen (secondary N) is 2. The van der Waals surface area contributed by atoms with Gasteiger partial charge in [-0.15, -0.1) is 0 Å². The fourth-order valence-electron chi connectivity index (χ4n) is 4.28. The van der Waals surface area contributed by atoms with Gasteiger partial charge in [0.15, 0.2) is 10.5 Å². The number of halogens is 2. The third kappa shape index (κ3) is 7.14. The van der Waals surface area contributed by atoms with Crippen LogP contribution >= 0.6 is 11.8 Å². The number of nitrogens with zero attached hydrogens (tertiary/aromatic N) is 5. The lowest BCUT2D eigenvalue weighted by Gasteiger charge is -2.33. The summed E-state index contributed by atoms with van der Waals surface area (Å²) in [6.07, 6.45) is 0.735. The number of methoxy groups -OCH3 is 1. The van der Waals surface area contributed by atoms with Crippen LogP contribution in [0.3, 0.4) is 0 Å². The van der Waals surface area contributed by atoms with Gasteiger partial charge in [0.2, 0.25) is 5.91 Å². The van der Waals surface area contributed by atoms with Gasteiger partial charge in [0, 0.05) is 36.3 Å². The summed E-state index contributed by atoms with van der Waals surface area (Å²) in [6, 6.07) is 2.59. The molecule has 226 valence electrons. The number of ether oxygens (including phenoxy) is 2. The largest absolute Gasteiger partial charge is 0.494 e. The molecule has 2 aromatic rings. The predicted molar refractivity (Wildman–Crippen MR) is 154 cm³/mol. The normalized spacial score (nSPS) is 18.2. The lowest BCUT2D eigenvalue weighted by molar-refractivity contribution is -0.121. The van der Waals surface area contributed by atoms with Gasteiger partial charge < -0.3 is 9.47 Å². The second-order valence-corrected chi connectivity index (χ2v) is 11.3. The Morgan fingerprint density at radius 1 is 1.14 bits per heavy atom. The molecule has 3 amide bonds. The number of aromatic nitrogens is 2. The molecule has 0 spiro atoms. The van der Waals surface area contributed by atoms with E-state index < -0.39 is 30.0 Å². The van der Waals surface area contributed by atoms with Crippen molar-refractivity contribution >= 4 is 40.7 Å². The van der Waals surface area contributed by atoms with Crippen molar-refractivity contribution in [1.82, 2.24) is 25.6 Å². The summed E-state index contributed by atoms with van der Waals surface area (Å²) in [7, 11) is 1.35. The maximum atomic E-state index is 13.7. The molecule has 1 unspecified atom stereocenters. The van der Waals surface area contributed by atoms with E-state index in [0.717, 1.165) is 25.1 Å². The summed E-state index contributed by atoms with van der Waals surface area (Å²) < 4.78 is 37.9. The zero-order valence-electron chi connectivity index (χ0n) is 23.6. The summed E-state index contributed by atoms with van der Waals surface area (Å²) in [5.41, 5.74) is 2.70. The number of hydrogen-bond donors (Lipinski definition) is 2. The third-order valence-electron chi connectivity index (χ3n) is 6.58. The maximum absolute atomic E-state index is 13.7. The molecule has 15 heteroatoms. The Morgan fingerprint density at radius 3 is 2.60 bits per heavy atom. The van der Waals surface area contributed by atoms with Gasteiger partial charge in [-0.05, 0) is 50.6 Å². The Balaban J connectivity index is 1.44. The molecule has 1 aliphatic carbocycles. The molecule has 2 N–H and O–H groups in total. The molecule has 4 heterocycles. The lowest BCUT2D eigenvalue weighted by atomic mass is 9.99. The van der Waals surface area contributed by atoms with Gasteiger partial charge in [-0.2, -0.15) is 5.10 Å². The molecule has 1 saturated heterocycles. The van der Waals surface area contributed by atoms with Crippen LogP contribution in [0, 0.1) is 17.8 Å². The van der Waals surface area contributed by atoms with Crippen molar-refractivity contribution < 1.29 is 32.6 Å². The first-order valence-electron chi connectivity index (χ1n) is 13.5. The smallest absolute Gasteiger partial charge is 0.410 e. The third-order valence-corrected chi connectivity index (χ3v) is 7.45. The lowest BCUT2D eigenvalue weighted by Crippen LogP contribution is -2.53. The number of thioether (sulfide) groups is 1. The van der Waals surface area contributed by atoms with Crippen LogP contribution in [0.1, 0.15) is 49.2 Å². The van der Waals surface area contributed by atoms with E-state index in [4.69, 9.17) is 9.47 Å². The van der Waals surface area contributed by atoms with E-state index in [1.807, 2.05) is 0 Å². The number of carbonyl (C=O) groups excluding carboxylic acids is 3. The minimum atomic E-state index is -2.88. The Kier molecular flexibility index (Phi) is 8.95. The maximum Gasteiger partial charge on any atom is 0.410 e. The highest BCUT2D eigenvalue weighted by molar-refractivity contribution is 8.14. The summed E-state index contributed by atoms with van der Waals surface area (Å²) in [6.45, 7) is 3.46. The van der Waals surface area contributed by atoms with Crippen LogP contribution in [0.4, 0.5) is 19.4 Å². The van der Waals surface area contributed by atoms with Gasteiger partial charge in [0.05, 0.1) is 25.0 Å². The van der Waals surface area contributed by atoms with Crippen molar-refractivity contribution in [2.24, 2.45) is 11.0 Å². The summed E-state index contributed by atoms with van der Waals surface area (Å²) in [4.78, 5) is 49.7. The monoisotopic (exact) mass is 613 g/mol. The van der Waals surface area contributed by atoms with Crippen LogP contribution in [0.5, 0.6) is 5.75 Å². The first-order valence-corrected chi connectivity index (χ1v) is 14.4. The van der Waals surface area contributed by atoms with Crippen LogP contribution in [0.2, 0.25) is 0 Å². The predicted octanol–water partition coefficient (Wildman–Crippen LogP) is 3.36. The standard InChI is InChI=1S/C28H29F2N7O5S/c1-15(2)42-28(40)36-8-9-37(24(38)14-36)22-11-17(18-10-20(25(29)30)31-13-21(18)41-3)19(12-32-22)26(39)33-27-35-34-23(43-27)7-6-16-4-5-16/h10-13,15-16,23,25,34H,4-5,8-9,14H2,1-3H3,(H,33,35,39). The van der Waals surface area contributed by atoms with E-state index in [9.17, 15) is 23.2 Å². The molecular weight excluding hydrogens is 584 g/mol. The highest BCUT2D eigenvalue weighted by Gasteiger charge is 2.32. The summed E-state index contributed by atoms with van der Waals surface area (Å²) in [5, 5.41) is 6.82. The molecule has 1 atom stereocenters. The van der Waals surface area contributed by atoms with E-state index in [0.29, 0.717) is 5.92 Å². The Bertz CT molecular complexity index is 1520. The average molecular weight is 614 g/mol. The first kappa shape index (κ1) is 30.0. The topological polar surface area (TPSA) is 138 Å². The van der Waals surface area contributed by atoms with Gasteiger partial charge in [-0.25, -0.2) is 18.6 Å². The molecule has 2 aliphatic heterocycles. The van der Waals surface area contributed by atoms with Gasteiger partial charge in [0.1, 0.15) is 23.8 Å². The van der Waals surface area contributed by atoms with Crippen LogP contribution < -0.4 is 20.4 Å². The fourth-order valence-corrected chi connectivity index (χ4v) is 4.99. The minimum absolute atomic E-state index is 0.0240.